The first kappa shape index (κ1) is 17.4. The summed E-state index contributed by atoms with van der Waals surface area (Å²) < 4.78 is 5.80. The molecule has 0 saturated carbocycles. The third-order valence-electron chi connectivity index (χ3n) is 4.49. The number of carbonyl (C=O) groups excluding carboxylic acids is 1. The maximum absolute atomic E-state index is 12.2. The van der Waals surface area contributed by atoms with Crippen LogP contribution in [0.25, 0.3) is 6.08 Å². The maximum Gasteiger partial charge on any atom is 0.185 e. The van der Waals surface area contributed by atoms with Gasteiger partial charge in [0.2, 0.25) is 0 Å². The molecule has 1 heterocycles. The predicted molar refractivity (Wildman–Crippen MR) is 102 cm³/mol. The van der Waals surface area contributed by atoms with Crippen LogP contribution >= 0.6 is 0 Å². The molecule has 0 unspecified atom stereocenters. The minimum Gasteiger partial charge on any atom is -0.492 e. The number of ether oxygens (including phenoxy) is 1. The van der Waals surface area contributed by atoms with Crippen molar-refractivity contribution >= 4 is 11.9 Å². The van der Waals surface area contributed by atoms with Crippen LogP contribution in [0.2, 0.25) is 0 Å². The summed E-state index contributed by atoms with van der Waals surface area (Å²) in [4.78, 5) is 14.7. The summed E-state index contributed by atoms with van der Waals surface area (Å²) in [5.41, 5.74) is 1.70. The molecule has 1 aliphatic rings. The Morgan fingerprint density at radius 1 is 0.960 bits per heavy atom. The molecule has 0 aromatic heterocycles. The molecule has 3 rings (SSSR count). The van der Waals surface area contributed by atoms with Gasteiger partial charge in [-0.05, 0) is 61.8 Å². The molecule has 1 fully saturated rings. The van der Waals surface area contributed by atoms with Crippen LogP contribution < -0.4 is 4.74 Å². The van der Waals surface area contributed by atoms with E-state index in [2.05, 4.69) is 4.90 Å². The number of benzene rings is 2. The van der Waals surface area contributed by atoms with E-state index in [-0.39, 0.29) is 5.78 Å². The SMILES string of the molecule is O=C(/C=C/c1ccccc1)c1ccc(OCCN2CCCCC2)cc1. The fourth-order valence-electron chi connectivity index (χ4n) is 3.02. The van der Waals surface area contributed by atoms with E-state index in [1.807, 2.05) is 60.7 Å². The first-order chi connectivity index (χ1) is 12.3. The van der Waals surface area contributed by atoms with E-state index in [1.165, 1.54) is 32.4 Å². The van der Waals surface area contributed by atoms with Gasteiger partial charge in [0.25, 0.3) is 0 Å². The summed E-state index contributed by atoms with van der Waals surface area (Å²) in [7, 11) is 0. The number of rotatable bonds is 7. The number of nitrogens with zero attached hydrogens (tertiary/aromatic N) is 1. The van der Waals surface area contributed by atoms with Gasteiger partial charge in [0, 0.05) is 12.1 Å². The number of hydrogen-bond acceptors (Lipinski definition) is 3. The van der Waals surface area contributed by atoms with Gasteiger partial charge in [0.1, 0.15) is 12.4 Å². The highest BCUT2D eigenvalue weighted by molar-refractivity contribution is 6.06. The molecule has 3 heteroatoms. The highest BCUT2D eigenvalue weighted by Crippen LogP contribution is 2.14. The Balaban J connectivity index is 1.47. The Morgan fingerprint density at radius 2 is 1.68 bits per heavy atom. The van der Waals surface area contributed by atoms with Gasteiger partial charge in [0.15, 0.2) is 5.78 Å². The Hall–Kier alpha value is -2.39. The third-order valence-corrected chi connectivity index (χ3v) is 4.49. The number of hydrogen-bond donors (Lipinski definition) is 0. The molecule has 1 saturated heterocycles. The molecule has 3 nitrogen and oxygen atoms in total. The lowest BCUT2D eigenvalue weighted by atomic mass is 10.1. The van der Waals surface area contributed by atoms with Gasteiger partial charge >= 0.3 is 0 Å². The molecule has 0 atom stereocenters. The zero-order chi connectivity index (χ0) is 17.3. The normalized spacial score (nSPS) is 15.4. The molecule has 0 aliphatic carbocycles. The average Bonchev–Trinajstić information content (AvgIpc) is 2.68. The van der Waals surface area contributed by atoms with E-state index >= 15 is 0 Å². The second-order valence-corrected chi connectivity index (χ2v) is 6.38. The van der Waals surface area contributed by atoms with Crippen LogP contribution in [-0.2, 0) is 0 Å². The Kier molecular flexibility index (Phi) is 6.41. The molecule has 2 aromatic carbocycles. The number of likely N-dealkylation sites (tertiary alicyclic amines) is 1. The van der Waals surface area contributed by atoms with Crippen molar-refractivity contribution in [1.82, 2.24) is 4.90 Å². The maximum atomic E-state index is 12.2. The third kappa shape index (κ3) is 5.57. The second-order valence-electron chi connectivity index (χ2n) is 6.38. The lowest BCUT2D eigenvalue weighted by Gasteiger charge is -2.26. The summed E-state index contributed by atoms with van der Waals surface area (Å²) in [5, 5.41) is 0. The van der Waals surface area contributed by atoms with E-state index in [0.29, 0.717) is 12.2 Å². The number of allylic oxidation sites excluding steroid dienone is 1. The monoisotopic (exact) mass is 335 g/mol. The largest absolute Gasteiger partial charge is 0.492 e. The van der Waals surface area contributed by atoms with Gasteiger partial charge in [-0.2, -0.15) is 0 Å². The van der Waals surface area contributed by atoms with Crippen LogP contribution in [0.5, 0.6) is 5.75 Å². The van der Waals surface area contributed by atoms with Gasteiger partial charge in [-0.1, -0.05) is 42.8 Å². The fraction of sp³-hybridized carbons (Fsp3) is 0.318. The molecule has 0 bridgehead atoms. The van der Waals surface area contributed by atoms with Crippen molar-refractivity contribution in [3.63, 3.8) is 0 Å². The number of ketones is 1. The Morgan fingerprint density at radius 3 is 2.40 bits per heavy atom. The Bertz CT molecular complexity index is 686. The average molecular weight is 335 g/mol. The van der Waals surface area contributed by atoms with Gasteiger partial charge < -0.3 is 4.74 Å². The van der Waals surface area contributed by atoms with Crippen molar-refractivity contribution in [3.8, 4) is 5.75 Å². The lowest BCUT2D eigenvalue weighted by Crippen LogP contribution is -2.33. The van der Waals surface area contributed by atoms with Crippen LogP contribution in [-0.4, -0.2) is 36.9 Å². The van der Waals surface area contributed by atoms with Crippen LogP contribution in [0.1, 0.15) is 35.2 Å². The van der Waals surface area contributed by atoms with Crippen LogP contribution in [0.4, 0.5) is 0 Å². The van der Waals surface area contributed by atoms with E-state index < -0.39 is 0 Å². The summed E-state index contributed by atoms with van der Waals surface area (Å²) in [6.45, 7) is 4.04. The lowest BCUT2D eigenvalue weighted by molar-refractivity contribution is 0.104. The molecule has 1 aliphatic heterocycles. The topological polar surface area (TPSA) is 29.5 Å². The van der Waals surface area contributed by atoms with Gasteiger partial charge in [0.05, 0.1) is 0 Å². The highest BCUT2D eigenvalue weighted by atomic mass is 16.5. The molecular formula is C22H25NO2. The molecule has 0 spiro atoms. The van der Waals surface area contributed by atoms with Crippen molar-refractivity contribution in [3.05, 3.63) is 71.8 Å². The van der Waals surface area contributed by atoms with Crippen LogP contribution in [0.3, 0.4) is 0 Å². The molecule has 0 radical (unpaired) electrons. The van der Waals surface area contributed by atoms with E-state index in [9.17, 15) is 4.79 Å². The molecule has 0 N–H and O–H groups in total. The van der Waals surface area contributed by atoms with Crippen molar-refractivity contribution in [2.75, 3.05) is 26.2 Å². The van der Waals surface area contributed by atoms with Gasteiger partial charge in [-0.25, -0.2) is 0 Å². The quantitative estimate of drug-likeness (QED) is 0.553. The molecule has 25 heavy (non-hydrogen) atoms. The van der Waals surface area contributed by atoms with E-state index in [0.717, 1.165) is 17.9 Å². The first-order valence-corrected chi connectivity index (χ1v) is 9.04. The van der Waals surface area contributed by atoms with Crippen LogP contribution in [0, 0.1) is 0 Å². The summed E-state index contributed by atoms with van der Waals surface area (Å²) in [6.07, 6.45) is 7.40. The number of carbonyl (C=O) groups is 1. The molecule has 2 aromatic rings. The standard InChI is InChI=1S/C22H25NO2/c24-22(14-9-19-7-3-1-4-8-19)20-10-12-21(13-11-20)25-18-17-23-15-5-2-6-16-23/h1,3-4,7-14H,2,5-6,15-18H2/b14-9+. The van der Waals surface area contributed by atoms with Crippen molar-refractivity contribution in [2.24, 2.45) is 0 Å². The molecular weight excluding hydrogens is 310 g/mol. The highest BCUT2D eigenvalue weighted by Gasteiger charge is 2.09. The van der Waals surface area contributed by atoms with E-state index in [1.54, 1.807) is 6.08 Å². The number of piperidine rings is 1. The fourth-order valence-corrected chi connectivity index (χ4v) is 3.02. The first-order valence-electron chi connectivity index (χ1n) is 9.04. The minimum absolute atomic E-state index is 0.00344. The summed E-state index contributed by atoms with van der Waals surface area (Å²) in [6, 6.07) is 17.2. The van der Waals surface area contributed by atoms with Gasteiger partial charge in [-0.15, -0.1) is 0 Å². The van der Waals surface area contributed by atoms with Crippen molar-refractivity contribution in [1.29, 1.82) is 0 Å². The zero-order valence-corrected chi connectivity index (χ0v) is 14.6. The summed E-state index contributed by atoms with van der Waals surface area (Å²) >= 11 is 0. The minimum atomic E-state index is 0.00344. The smallest absolute Gasteiger partial charge is 0.185 e. The zero-order valence-electron chi connectivity index (χ0n) is 14.6. The Labute approximate surface area is 149 Å². The van der Waals surface area contributed by atoms with Crippen LogP contribution in [0.15, 0.2) is 60.7 Å². The van der Waals surface area contributed by atoms with Gasteiger partial charge in [-0.3, -0.25) is 9.69 Å². The second kappa shape index (κ2) is 9.19. The molecule has 130 valence electrons. The molecule has 0 amide bonds. The van der Waals surface area contributed by atoms with Crippen molar-refractivity contribution < 1.29 is 9.53 Å². The van der Waals surface area contributed by atoms with E-state index in [4.69, 9.17) is 4.74 Å². The predicted octanol–water partition coefficient (Wildman–Crippen LogP) is 4.45. The van der Waals surface area contributed by atoms with Crippen molar-refractivity contribution in [2.45, 2.75) is 19.3 Å². The summed E-state index contributed by atoms with van der Waals surface area (Å²) in [5.74, 6) is 0.823.